The molecule has 2 N–H and O–H groups in total. The highest BCUT2D eigenvalue weighted by atomic mass is 35.5. The van der Waals surface area contributed by atoms with Crippen molar-refractivity contribution >= 4 is 23.3 Å². The van der Waals surface area contributed by atoms with Crippen molar-refractivity contribution in [1.29, 1.82) is 0 Å². The van der Waals surface area contributed by atoms with Gasteiger partial charge in [0.15, 0.2) is 0 Å². The number of amides is 2. The molecule has 0 aliphatic heterocycles. The second-order valence-corrected chi connectivity index (χ2v) is 3.36. The topological polar surface area (TPSA) is 50.4 Å². The summed E-state index contributed by atoms with van der Waals surface area (Å²) in [6, 6.07) is 6.58. The molecule has 1 rings (SSSR count). The van der Waals surface area contributed by atoms with E-state index in [-0.39, 0.29) is 6.03 Å². The Hall–Kier alpha value is -1.68. The highest BCUT2D eigenvalue weighted by Crippen LogP contribution is 2.12. The Bertz CT molecular complexity index is 352. The lowest BCUT2D eigenvalue weighted by molar-refractivity contribution is 0.234. The predicted molar refractivity (Wildman–Crippen MR) is 64.6 cm³/mol. The lowest BCUT2D eigenvalue weighted by Gasteiger charge is -2.07. The largest absolute Gasteiger partial charge is 0.500 e. The van der Waals surface area contributed by atoms with E-state index >= 15 is 0 Å². The second-order valence-electron chi connectivity index (χ2n) is 2.93. The first-order chi connectivity index (χ1) is 7.72. The molecule has 0 atom stereocenters. The summed E-state index contributed by atoms with van der Waals surface area (Å²) in [7, 11) is 0. The molecule has 2 amide bonds. The molecule has 86 valence electrons. The quantitative estimate of drug-likeness (QED) is 0.614. The van der Waals surface area contributed by atoms with Gasteiger partial charge in [0.05, 0.1) is 12.8 Å². The van der Waals surface area contributed by atoms with Gasteiger partial charge in [-0.1, -0.05) is 18.2 Å². The summed E-state index contributed by atoms with van der Waals surface area (Å²) in [6.45, 7) is 4.21. The summed E-state index contributed by atoms with van der Waals surface area (Å²) >= 11 is 5.71. The third-order valence-corrected chi connectivity index (χ3v) is 1.98. The highest BCUT2D eigenvalue weighted by molar-refractivity contribution is 6.30. The molecule has 0 aromatic heterocycles. The Morgan fingerprint density at radius 3 is 2.75 bits per heavy atom. The number of carbonyl (C=O) groups excluding carboxylic acids is 1. The number of hydrogen-bond acceptors (Lipinski definition) is 2. The summed E-state index contributed by atoms with van der Waals surface area (Å²) in [5.41, 5.74) is 0.687. The number of hydrogen-bond donors (Lipinski definition) is 2. The van der Waals surface area contributed by atoms with Crippen LogP contribution in [0.15, 0.2) is 37.1 Å². The molecule has 4 nitrogen and oxygen atoms in total. The van der Waals surface area contributed by atoms with E-state index in [1.54, 1.807) is 24.3 Å². The number of rotatable bonds is 5. The van der Waals surface area contributed by atoms with Crippen LogP contribution < -0.4 is 10.6 Å². The van der Waals surface area contributed by atoms with E-state index in [0.717, 1.165) is 0 Å². The van der Waals surface area contributed by atoms with E-state index in [1.165, 1.54) is 6.26 Å². The second kappa shape index (κ2) is 6.74. The third-order valence-electron chi connectivity index (χ3n) is 1.73. The van der Waals surface area contributed by atoms with Gasteiger partial charge >= 0.3 is 6.03 Å². The van der Waals surface area contributed by atoms with Crippen LogP contribution in [0.3, 0.4) is 0 Å². The van der Waals surface area contributed by atoms with Crippen LogP contribution in [-0.4, -0.2) is 19.2 Å². The van der Waals surface area contributed by atoms with E-state index in [4.69, 9.17) is 16.3 Å². The lowest BCUT2D eigenvalue weighted by Crippen LogP contribution is -2.31. The molecule has 0 spiro atoms. The number of urea groups is 1. The lowest BCUT2D eigenvalue weighted by atomic mass is 10.3. The molecular weight excluding hydrogens is 228 g/mol. The van der Waals surface area contributed by atoms with Crippen molar-refractivity contribution < 1.29 is 9.53 Å². The number of benzene rings is 1. The molecule has 1 aromatic carbocycles. The number of carbonyl (C=O) groups is 1. The minimum Gasteiger partial charge on any atom is -0.500 e. The van der Waals surface area contributed by atoms with E-state index in [0.29, 0.717) is 23.9 Å². The van der Waals surface area contributed by atoms with Crippen molar-refractivity contribution in [1.82, 2.24) is 5.32 Å². The zero-order valence-electron chi connectivity index (χ0n) is 8.70. The molecule has 0 radical (unpaired) electrons. The summed E-state index contributed by atoms with van der Waals surface area (Å²) in [5.74, 6) is 0. The highest BCUT2D eigenvalue weighted by Gasteiger charge is 1.99. The number of ether oxygens (including phenoxy) is 1. The van der Waals surface area contributed by atoms with Gasteiger partial charge in [-0.25, -0.2) is 4.79 Å². The molecule has 1 aromatic rings. The Morgan fingerprint density at radius 2 is 2.12 bits per heavy atom. The molecule has 5 heteroatoms. The molecule has 0 saturated carbocycles. The van der Waals surface area contributed by atoms with Gasteiger partial charge in [-0.3, -0.25) is 0 Å². The van der Waals surface area contributed by atoms with Crippen molar-refractivity contribution in [2.45, 2.75) is 0 Å². The standard InChI is InChI=1S/C11H13ClN2O2/c1-2-16-8-7-13-11(15)14-10-5-3-9(12)4-6-10/h2-6H,1,7-8H2,(H2,13,14,15). The Balaban J connectivity index is 2.28. The van der Waals surface area contributed by atoms with E-state index in [1.807, 2.05) is 0 Å². The summed E-state index contributed by atoms with van der Waals surface area (Å²) in [5, 5.41) is 5.91. The van der Waals surface area contributed by atoms with Crippen LogP contribution in [-0.2, 0) is 4.74 Å². The summed E-state index contributed by atoms with van der Waals surface area (Å²) in [4.78, 5) is 11.3. The zero-order chi connectivity index (χ0) is 11.8. The smallest absolute Gasteiger partial charge is 0.319 e. The van der Waals surface area contributed by atoms with E-state index in [9.17, 15) is 4.79 Å². The van der Waals surface area contributed by atoms with Crippen LogP contribution in [0, 0.1) is 0 Å². The van der Waals surface area contributed by atoms with Gasteiger partial charge in [0.2, 0.25) is 0 Å². The molecule has 0 aliphatic rings. The first kappa shape index (κ1) is 12.4. The van der Waals surface area contributed by atoms with Gasteiger partial charge in [-0.05, 0) is 24.3 Å². The van der Waals surface area contributed by atoms with Crippen molar-refractivity contribution in [2.75, 3.05) is 18.5 Å². The Kier molecular flexibility index (Phi) is 5.22. The maximum Gasteiger partial charge on any atom is 0.319 e. The molecule has 0 aliphatic carbocycles. The normalized spacial score (nSPS) is 9.31. The Labute approximate surface area is 99.2 Å². The molecule has 0 fully saturated rings. The summed E-state index contributed by atoms with van der Waals surface area (Å²) < 4.78 is 4.85. The van der Waals surface area contributed by atoms with Gasteiger partial charge < -0.3 is 15.4 Å². The SMILES string of the molecule is C=COCCNC(=O)Nc1ccc(Cl)cc1. The van der Waals surface area contributed by atoms with Crippen LogP contribution >= 0.6 is 11.6 Å². The third kappa shape index (κ3) is 4.70. The van der Waals surface area contributed by atoms with Gasteiger partial charge in [0.25, 0.3) is 0 Å². The van der Waals surface area contributed by atoms with Gasteiger partial charge in [0.1, 0.15) is 6.61 Å². The Morgan fingerprint density at radius 1 is 1.44 bits per heavy atom. The molecule has 0 heterocycles. The minimum absolute atomic E-state index is 0.282. The molecular formula is C11H13ClN2O2. The van der Waals surface area contributed by atoms with E-state index in [2.05, 4.69) is 17.2 Å². The van der Waals surface area contributed by atoms with Crippen LogP contribution in [0.4, 0.5) is 10.5 Å². The maximum atomic E-state index is 11.3. The van der Waals surface area contributed by atoms with Crippen molar-refractivity contribution in [3.05, 3.63) is 42.1 Å². The fourth-order valence-corrected chi connectivity index (χ4v) is 1.14. The minimum atomic E-state index is -0.282. The fraction of sp³-hybridized carbons (Fsp3) is 0.182. The average molecular weight is 241 g/mol. The van der Waals surface area contributed by atoms with Gasteiger partial charge in [-0.2, -0.15) is 0 Å². The van der Waals surface area contributed by atoms with Crippen LogP contribution in [0.2, 0.25) is 5.02 Å². The van der Waals surface area contributed by atoms with Crippen molar-refractivity contribution in [2.24, 2.45) is 0 Å². The fourth-order valence-electron chi connectivity index (χ4n) is 1.02. The van der Waals surface area contributed by atoms with Crippen LogP contribution in [0.1, 0.15) is 0 Å². The monoisotopic (exact) mass is 240 g/mol. The zero-order valence-corrected chi connectivity index (χ0v) is 9.46. The number of nitrogens with one attached hydrogen (secondary N) is 2. The van der Waals surface area contributed by atoms with E-state index < -0.39 is 0 Å². The molecule has 0 bridgehead atoms. The maximum absolute atomic E-state index is 11.3. The molecule has 16 heavy (non-hydrogen) atoms. The predicted octanol–water partition coefficient (Wildman–Crippen LogP) is 2.62. The van der Waals surface area contributed by atoms with Crippen LogP contribution in [0.25, 0.3) is 0 Å². The molecule has 0 unspecified atom stereocenters. The number of anilines is 1. The van der Waals surface area contributed by atoms with Crippen molar-refractivity contribution in [3.8, 4) is 0 Å². The van der Waals surface area contributed by atoms with Gasteiger partial charge in [-0.15, -0.1) is 0 Å². The average Bonchev–Trinajstić information content (AvgIpc) is 2.28. The van der Waals surface area contributed by atoms with Crippen LogP contribution in [0.5, 0.6) is 0 Å². The summed E-state index contributed by atoms with van der Waals surface area (Å²) in [6.07, 6.45) is 1.33. The molecule has 0 saturated heterocycles. The van der Waals surface area contributed by atoms with Crippen molar-refractivity contribution in [3.63, 3.8) is 0 Å². The first-order valence-corrected chi connectivity index (χ1v) is 5.13. The first-order valence-electron chi connectivity index (χ1n) is 4.75. The number of halogens is 1. The van der Waals surface area contributed by atoms with Gasteiger partial charge in [0, 0.05) is 10.7 Å².